The molecule has 1 rings (SSSR count). The van der Waals surface area contributed by atoms with E-state index in [0.717, 1.165) is 19.0 Å². The van der Waals surface area contributed by atoms with Crippen LogP contribution < -0.4 is 11.1 Å². The normalized spacial score (nSPS) is 27.3. The van der Waals surface area contributed by atoms with Crippen LogP contribution in [0.3, 0.4) is 0 Å². The Morgan fingerprint density at radius 3 is 2.70 bits per heavy atom. The summed E-state index contributed by atoms with van der Waals surface area (Å²) < 4.78 is 0. The summed E-state index contributed by atoms with van der Waals surface area (Å²) in [6.45, 7) is 7.65. The molecular weight excluding hydrogens is 124 g/mol. The molecule has 3 N–H and O–H groups in total. The maximum Gasteiger partial charge on any atom is -0.00145 e. The second-order valence-corrected chi connectivity index (χ2v) is 3.88. The summed E-state index contributed by atoms with van der Waals surface area (Å²) in [5, 5.41) is 3.36. The highest BCUT2D eigenvalue weighted by Crippen LogP contribution is 2.29. The van der Waals surface area contributed by atoms with E-state index >= 15 is 0 Å². The van der Waals surface area contributed by atoms with Crippen LogP contribution in [0.25, 0.3) is 0 Å². The molecule has 2 heteroatoms. The molecule has 0 spiro atoms. The molecule has 0 amide bonds. The van der Waals surface area contributed by atoms with E-state index in [4.69, 9.17) is 5.73 Å². The fourth-order valence-corrected chi connectivity index (χ4v) is 1.49. The summed E-state index contributed by atoms with van der Waals surface area (Å²) >= 11 is 0. The van der Waals surface area contributed by atoms with E-state index in [1.165, 1.54) is 13.0 Å². The first-order valence-electron chi connectivity index (χ1n) is 4.07. The zero-order chi connectivity index (χ0) is 7.61. The summed E-state index contributed by atoms with van der Waals surface area (Å²) in [6, 6.07) is 0. The minimum Gasteiger partial charge on any atom is -0.330 e. The molecule has 0 bridgehead atoms. The summed E-state index contributed by atoms with van der Waals surface area (Å²) in [5.74, 6) is 0.789. The first kappa shape index (κ1) is 8.02. The van der Waals surface area contributed by atoms with Gasteiger partial charge in [0.1, 0.15) is 0 Å². The van der Waals surface area contributed by atoms with Crippen LogP contribution in [0.15, 0.2) is 0 Å². The molecular formula is C8H18N2. The Labute approximate surface area is 63.2 Å². The maximum atomic E-state index is 5.66. The molecule has 0 radical (unpaired) electrons. The molecule has 1 heterocycles. The van der Waals surface area contributed by atoms with Gasteiger partial charge in [0.15, 0.2) is 0 Å². The van der Waals surface area contributed by atoms with Gasteiger partial charge in [-0.1, -0.05) is 13.8 Å². The van der Waals surface area contributed by atoms with Crippen LogP contribution in [0, 0.1) is 11.3 Å². The zero-order valence-corrected chi connectivity index (χ0v) is 6.98. The van der Waals surface area contributed by atoms with Crippen molar-refractivity contribution in [1.29, 1.82) is 0 Å². The standard InChI is InChI=1S/C8H18N2/c1-8(2,6-9)7-3-4-10-5-7/h7,10H,3-6,9H2,1-2H3. The second kappa shape index (κ2) is 2.89. The van der Waals surface area contributed by atoms with E-state index < -0.39 is 0 Å². The molecule has 1 saturated heterocycles. The van der Waals surface area contributed by atoms with E-state index in [-0.39, 0.29) is 0 Å². The van der Waals surface area contributed by atoms with Gasteiger partial charge in [0, 0.05) is 0 Å². The Morgan fingerprint density at radius 2 is 2.30 bits per heavy atom. The van der Waals surface area contributed by atoms with Crippen LogP contribution in [0.2, 0.25) is 0 Å². The second-order valence-electron chi connectivity index (χ2n) is 3.88. The van der Waals surface area contributed by atoms with Crippen molar-refractivity contribution in [2.24, 2.45) is 17.1 Å². The van der Waals surface area contributed by atoms with Crippen molar-refractivity contribution in [1.82, 2.24) is 5.32 Å². The number of nitrogens with two attached hydrogens (primary N) is 1. The van der Waals surface area contributed by atoms with Gasteiger partial charge in [-0.2, -0.15) is 0 Å². The van der Waals surface area contributed by atoms with Crippen molar-refractivity contribution in [2.45, 2.75) is 20.3 Å². The minimum absolute atomic E-state index is 0.337. The number of hydrogen-bond donors (Lipinski definition) is 2. The van der Waals surface area contributed by atoms with Crippen molar-refractivity contribution in [3.8, 4) is 0 Å². The van der Waals surface area contributed by atoms with Crippen molar-refractivity contribution >= 4 is 0 Å². The van der Waals surface area contributed by atoms with Gasteiger partial charge in [0.05, 0.1) is 0 Å². The van der Waals surface area contributed by atoms with E-state index in [9.17, 15) is 0 Å². The number of nitrogens with one attached hydrogen (secondary N) is 1. The van der Waals surface area contributed by atoms with Crippen LogP contribution in [0.4, 0.5) is 0 Å². The molecule has 10 heavy (non-hydrogen) atoms. The van der Waals surface area contributed by atoms with Crippen LogP contribution in [0.5, 0.6) is 0 Å². The largest absolute Gasteiger partial charge is 0.330 e. The predicted octanol–water partition coefficient (Wildman–Crippen LogP) is 0.581. The molecule has 2 nitrogen and oxygen atoms in total. The number of hydrogen-bond acceptors (Lipinski definition) is 2. The predicted molar refractivity (Wildman–Crippen MR) is 43.8 cm³/mol. The molecule has 60 valence electrons. The summed E-state index contributed by atoms with van der Waals surface area (Å²) in [6.07, 6.45) is 1.30. The Bertz CT molecular complexity index is 104. The fraction of sp³-hybridized carbons (Fsp3) is 1.00. The molecule has 1 fully saturated rings. The summed E-state index contributed by atoms with van der Waals surface area (Å²) in [7, 11) is 0. The van der Waals surface area contributed by atoms with E-state index in [2.05, 4.69) is 19.2 Å². The lowest BCUT2D eigenvalue weighted by atomic mass is 9.78. The summed E-state index contributed by atoms with van der Waals surface area (Å²) in [4.78, 5) is 0. The Kier molecular flexibility index (Phi) is 2.32. The Morgan fingerprint density at radius 1 is 1.60 bits per heavy atom. The lowest BCUT2D eigenvalue weighted by molar-refractivity contribution is 0.241. The maximum absolute atomic E-state index is 5.66. The van der Waals surface area contributed by atoms with Crippen molar-refractivity contribution in [3.63, 3.8) is 0 Å². The fourth-order valence-electron chi connectivity index (χ4n) is 1.49. The van der Waals surface area contributed by atoms with E-state index in [0.29, 0.717) is 5.41 Å². The topological polar surface area (TPSA) is 38.0 Å². The monoisotopic (exact) mass is 142 g/mol. The average molecular weight is 142 g/mol. The highest BCUT2D eigenvalue weighted by molar-refractivity contribution is 4.84. The van der Waals surface area contributed by atoms with Gasteiger partial charge in [-0.05, 0) is 37.4 Å². The van der Waals surface area contributed by atoms with Crippen molar-refractivity contribution < 1.29 is 0 Å². The van der Waals surface area contributed by atoms with Crippen LogP contribution in [-0.4, -0.2) is 19.6 Å². The van der Waals surface area contributed by atoms with Gasteiger partial charge >= 0.3 is 0 Å². The van der Waals surface area contributed by atoms with Crippen LogP contribution in [0.1, 0.15) is 20.3 Å². The zero-order valence-electron chi connectivity index (χ0n) is 6.98. The molecule has 0 aliphatic carbocycles. The molecule has 1 unspecified atom stereocenters. The van der Waals surface area contributed by atoms with Crippen molar-refractivity contribution in [3.05, 3.63) is 0 Å². The lowest BCUT2D eigenvalue weighted by Crippen LogP contribution is -2.33. The molecule has 1 atom stereocenters. The highest BCUT2D eigenvalue weighted by atomic mass is 14.9. The number of rotatable bonds is 2. The van der Waals surface area contributed by atoms with Gasteiger partial charge in [-0.3, -0.25) is 0 Å². The molecule has 0 aromatic heterocycles. The van der Waals surface area contributed by atoms with Gasteiger partial charge in [-0.15, -0.1) is 0 Å². The van der Waals surface area contributed by atoms with Gasteiger partial charge in [-0.25, -0.2) is 0 Å². The van der Waals surface area contributed by atoms with Gasteiger partial charge < -0.3 is 11.1 Å². The van der Waals surface area contributed by atoms with E-state index in [1.54, 1.807) is 0 Å². The van der Waals surface area contributed by atoms with E-state index in [1.807, 2.05) is 0 Å². The molecule has 0 aromatic carbocycles. The average Bonchev–Trinajstić information content (AvgIpc) is 2.38. The third kappa shape index (κ3) is 1.50. The first-order chi connectivity index (χ1) is 4.67. The van der Waals surface area contributed by atoms with Crippen LogP contribution in [-0.2, 0) is 0 Å². The third-order valence-corrected chi connectivity index (χ3v) is 2.69. The smallest absolute Gasteiger partial charge is 0.00145 e. The van der Waals surface area contributed by atoms with Gasteiger partial charge in [0.2, 0.25) is 0 Å². The van der Waals surface area contributed by atoms with Gasteiger partial charge in [0.25, 0.3) is 0 Å². The first-order valence-corrected chi connectivity index (χ1v) is 4.07. The van der Waals surface area contributed by atoms with Crippen molar-refractivity contribution in [2.75, 3.05) is 19.6 Å². The minimum atomic E-state index is 0.337. The Balaban J connectivity index is 2.45. The molecule has 1 aliphatic rings. The highest BCUT2D eigenvalue weighted by Gasteiger charge is 2.29. The Hall–Kier alpha value is -0.0800. The summed E-state index contributed by atoms with van der Waals surface area (Å²) in [5.41, 5.74) is 6.00. The molecule has 1 aliphatic heterocycles. The third-order valence-electron chi connectivity index (χ3n) is 2.69. The SMILES string of the molecule is CC(C)(CN)C1CCNC1. The molecule has 0 saturated carbocycles. The quantitative estimate of drug-likeness (QED) is 0.592. The van der Waals surface area contributed by atoms with Crippen LogP contribution >= 0.6 is 0 Å². The molecule has 0 aromatic rings. The lowest BCUT2D eigenvalue weighted by Gasteiger charge is -2.29.